The largest absolute Gasteiger partial charge is 0.207 e. The Morgan fingerprint density at radius 3 is 2.33 bits per heavy atom. The summed E-state index contributed by atoms with van der Waals surface area (Å²) in [5.74, 6) is -0.174. The number of alkyl halides is 1. The van der Waals surface area contributed by atoms with E-state index in [4.69, 9.17) is 0 Å². The molecule has 3 aromatic rings. The quantitative estimate of drug-likeness (QED) is 0.495. The summed E-state index contributed by atoms with van der Waals surface area (Å²) in [4.78, 5) is -0.150. The summed E-state index contributed by atoms with van der Waals surface area (Å²) in [7, 11) is 0. The van der Waals surface area contributed by atoms with Gasteiger partial charge >= 0.3 is 0 Å². The first-order valence-corrected chi connectivity index (χ1v) is 7.88. The second-order valence-electron chi connectivity index (χ2n) is 5.40. The molecule has 1 atom stereocenters. The van der Waals surface area contributed by atoms with Crippen LogP contribution in [-0.2, 0) is 0 Å². The molecule has 0 spiro atoms. The summed E-state index contributed by atoms with van der Waals surface area (Å²) in [6.45, 7) is 4.08. The van der Waals surface area contributed by atoms with Crippen molar-refractivity contribution in [2.75, 3.05) is 0 Å². The standard InChI is InChI=1S/C19H16BrF/c1-12-7-10-18(21)17(11-12)19(20)16-9-8-13(2)14-5-3-4-6-15(14)16/h3-11,19H,1-2H3. The molecule has 0 N–H and O–H groups in total. The van der Waals surface area contributed by atoms with E-state index in [-0.39, 0.29) is 10.6 Å². The first-order chi connectivity index (χ1) is 10.1. The molecule has 0 aromatic heterocycles. The maximum absolute atomic E-state index is 14.2. The lowest BCUT2D eigenvalue weighted by Crippen LogP contribution is -1.99. The van der Waals surface area contributed by atoms with Gasteiger partial charge in [0.2, 0.25) is 0 Å². The minimum atomic E-state index is -0.174. The molecule has 3 aromatic carbocycles. The Kier molecular flexibility index (Phi) is 3.81. The van der Waals surface area contributed by atoms with E-state index in [1.807, 2.05) is 25.1 Å². The zero-order valence-corrected chi connectivity index (χ0v) is 13.6. The fourth-order valence-electron chi connectivity index (χ4n) is 2.72. The fourth-order valence-corrected chi connectivity index (χ4v) is 3.47. The number of aryl methyl sites for hydroxylation is 2. The highest BCUT2D eigenvalue weighted by atomic mass is 79.9. The Labute approximate surface area is 132 Å². The average Bonchev–Trinajstić information content (AvgIpc) is 2.50. The highest BCUT2D eigenvalue weighted by molar-refractivity contribution is 9.09. The molecule has 0 aliphatic heterocycles. The van der Waals surface area contributed by atoms with E-state index < -0.39 is 0 Å². The molecule has 0 bridgehead atoms. The van der Waals surface area contributed by atoms with Crippen LogP contribution in [0.2, 0.25) is 0 Å². The minimum absolute atomic E-state index is 0.150. The molecule has 0 amide bonds. The van der Waals surface area contributed by atoms with E-state index in [2.05, 4.69) is 47.1 Å². The number of benzene rings is 3. The molecule has 0 saturated heterocycles. The SMILES string of the molecule is Cc1ccc(F)c(C(Br)c2ccc(C)c3ccccc23)c1. The molecular formula is C19H16BrF. The topological polar surface area (TPSA) is 0 Å². The van der Waals surface area contributed by atoms with E-state index in [1.165, 1.54) is 22.4 Å². The van der Waals surface area contributed by atoms with E-state index in [0.29, 0.717) is 5.56 Å². The molecular weight excluding hydrogens is 327 g/mol. The van der Waals surface area contributed by atoms with Gasteiger partial charge in [0.1, 0.15) is 5.82 Å². The van der Waals surface area contributed by atoms with Crippen LogP contribution in [0.3, 0.4) is 0 Å². The Bertz CT molecular complexity index is 808. The van der Waals surface area contributed by atoms with E-state index in [1.54, 1.807) is 6.07 Å². The third-order valence-electron chi connectivity index (χ3n) is 3.87. The van der Waals surface area contributed by atoms with Gasteiger partial charge in [0.05, 0.1) is 4.83 Å². The van der Waals surface area contributed by atoms with E-state index >= 15 is 0 Å². The zero-order chi connectivity index (χ0) is 15.0. The number of hydrogen-bond acceptors (Lipinski definition) is 0. The van der Waals surface area contributed by atoms with Crippen LogP contribution in [0.4, 0.5) is 4.39 Å². The second kappa shape index (κ2) is 5.61. The van der Waals surface area contributed by atoms with Crippen LogP contribution in [-0.4, -0.2) is 0 Å². The smallest absolute Gasteiger partial charge is 0.127 e. The van der Waals surface area contributed by atoms with Gasteiger partial charge in [0.15, 0.2) is 0 Å². The van der Waals surface area contributed by atoms with Crippen molar-refractivity contribution < 1.29 is 4.39 Å². The first-order valence-electron chi connectivity index (χ1n) is 6.96. The molecule has 106 valence electrons. The van der Waals surface area contributed by atoms with Gasteiger partial charge in [0.25, 0.3) is 0 Å². The van der Waals surface area contributed by atoms with Crippen molar-refractivity contribution in [1.29, 1.82) is 0 Å². The summed E-state index contributed by atoms with van der Waals surface area (Å²) >= 11 is 3.68. The molecule has 0 aliphatic rings. The number of halogens is 2. The third-order valence-corrected chi connectivity index (χ3v) is 4.86. The summed E-state index contributed by atoms with van der Waals surface area (Å²) in [5.41, 5.74) is 4.08. The molecule has 0 radical (unpaired) electrons. The van der Waals surface area contributed by atoms with Crippen molar-refractivity contribution in [3.05, 3.63) is 82.7 Å². The van der Waals surface area contributed by atoms with E-state index in [9.17, 15) is 4.39 Å². The molecule has 0 fully saturated rings. The molecule has 1 unspecified atom stereocenters. The van der Waals surface area contributed by atoms with Crippen molar-refractivity contribution in [3.8, 4) is 0 Å². The highest BCUT2D eigenvalue weighted by Crippen LogP contribution is 2.37. The third kappa shape index (κ3) is 2.60. The highest BCUT2D eigenvalue weighted by Gasteiger charge is 2.17. The van der Waals surface area contributed by atoms with Crippen molar-refractivity contribution in [2.45, 2.75) is 18.7 Å². The lowest BCUT2D eigenvalue weighted by molar-refractivity contribution is 0.613. The van der Waals surface area contributed by atoms with Gasteiger partial charge in [-0.1, -0.05) is 70.0 Å². The van der Waals surface area contributed by atoms with Crippen molar-refractivity contribution >= 4 is 26.7 Å². The van der Waals surface area contributed by atoms with Crippen LogP contribution >= 0.6 is 15.9 Å². The predicted octanol–water partition coefficient (Wildman–Crippen LogP) is 6.08. The van der Waals surface area contributed by atoms with Crippen LogP contribution in [0.5, 0.6) is 0 Å². The Balaban J connectivity index is 2.20. The molecule has 21 heavy (non-hydrogen) atoms. The van der Waals surface area contributed by atoms with E-state index in [0.717, 1.165) is 11.1 Å². The Morgan fingerprint density at radius 2 is 1.57 bits per heavy atom. The van der Waals surface area contributed by atoms with Crippen LogP contribution in [0.1, 0.15) is 27.1 Å². The fraction of sp³-hybridized carbons (Fsp3) is 0.158. The molecule has 0 saturated carbocycles. The van der Waals surface area contributed by atoms with Gasteiger partial charge < -0.3 is 0 Å². The Morgan fingerprint density at radius 1 is 0.857 bits per heavy atom. The van der Waals surface area contributed by atoms with Gasteiger partial charge in [0, 0.05) is 5.56 Å². The number of rotatable bonds is 2. The minimum Gasteiger partial charge on any atom is -0.207 e. The normalized spacial score (nSPS) is 12.6. The summed E-state index contributed by atoms with van der Waals surface area (Å²) in [5, 5.41) is 2.38. The van der Waals surface area contributed by atoms with Crippen molar-refractivity contribution in [3.63, 3.8) is 0 Å². The lowest BCUT2D eigenvalue weighted by Gasteiger charge is -2.16. The second-order valence-corrected chi connectivity index (χ2v) is 6.32. The van der Waals surface area contributed by atoms with Crippen LogP contribution in [0.15, 0.2) is 54.6 Å². The van der Waals surface area contributed by atoms with Gasteiger partial charge in [-0.2, -0.15) is 0 Å². The first kappa shape index (κ1) is 14.3. The summed E-state index contributed by atoms with van der Waals surface area (Å²) in [6, 6.07) is 17.7. The number of fused-ring (bicyclic) bond motifs is 1. The maximum atomic E-state index is 14.2. The Hall–Kier alpha value is -1.67. The monoisotopic (exact) mass is 342 g/mol. The van der Waals surface area contributed by atoms with Crippen LogP contribution < -0.4 is 0 Å². The van der Waals surface area contributed by atoms with Gasteiger partial charge in [-0.15, -0.1) is 0 Å². The van der Waals surface area contributed by atoms with Gasteiger partial charge in [-0.05, 0) is 41.8 Å². The molecule has 0 nitrogen and oxygen atoms in total. The predicted molar refractivity (Wildman–Crippen MR) is 90.6 cm³/mol. The summed E-state index contributed by atoms with van der Waals surface area (Å²) < 4.78 is 14.2. The van der Waals surface area contributed by atoms with Gasteiger partial charge in [-0.3, -0.25) is 0 Å². The van der Waals surface area contributed by atoms with Crippen molar-refractivity contribution in [1.82, 2.24) is 0 Å². The van der Waals surface area contributed by atoms with Crippen molar-refractivity contribution in [2.24, 2.45) is 0 Å². The molecule has 3 rings (SSSR count). The maximum Gasteiger partial charge on any atom is 0.127 e. The molecule has 0 aliphatic carbocycles. The zero-order valence-electron chi connectivity index (χ0n) is 12.0. The average molecular weight is 343 g/mol. The molecule has 2 heteroatoms. The lowest BCUT2D eigenvalue weighted by atomic mass is 9.95. The van der Waals surface area contributed by atoms with Gasteiger partial charge in [-0.25, -0.2) is 4.39 Å². The van der Waals surface area contributed by atoms with Crippen LogP contribution in [0, 0.1) is 19.7 Å². The van der Waals surface area contributed by atoms with Crippen LogP contribution in [0.25, 0.3) is 10.8 Å². The summed E-state index contributed by atoms with van der Waals surface area (Å²) in [6.07, 6.45) is 0. The number of hydrogen-bond donors (Lipinski definition) is 0. The molecule has 0 heterocycles.